The smallest absolute Gasteiger partial charge is 0.481 e. The average Bonchev–Trinajstić information content (AvgIpc) is 2.82. The number of hydrogen-bond acceptors (Lipinski definition) is 8. The molecule has 11 nitrogen and oxygen atoms in total. The molecule has 3 N–H and O–H groups in total. The zero-order valence-corrected chi connectivity index (χ0v) is 21.7. The second-order valence-electron chi connectivity index (χ2n) is 8.57. The lowest BCUT2D eigenvalue weighted by atomic mass is 9.83. The number of ether oxygens (including phenoxy) is 2. The van der Waals surface area contributed by atoms with Crippen molar-refractivity contribution in [1.29, 1.82) is 0 Å². The Morgan fingerprint density at radius 1 is 1.18 bits per heavy atom. The van der Waals surface area contributed by atoms with E-state index >= 15 is 0 Å². The number of carboxylic acids is 2. The summed E-state index contributed by atoms with van der Waals surface area (Å²) in [7, 11) is -1.48. The van der Waals surface area contributed by atoms with Crippen molar-refractivity contribution in [3.8, 4) is 5.88 Å². The quantitative estimate of drug-likeness (QED) is 0.399. The van der Waals surface area contributed by atoms with Gasteiger partial charge >= 0.3 is 24.3 Å². The summed E-state index contributed by atoms with van der Waals surface area (Å²) >= 11 is 0. The van der Waals surface area contributed by atoms with Crippen LogP contribution in [0.1, 0.15) is 25.3 Å². The number of sulfonamides is 1. The molecule has 0 aliphatic carbocycles. The van der Waals surface area contributed by atoms with Gasteiger partial charge < -0.3 is 19.7 Å². The number of methoxy groups -OCH3 is 1. The number of aliphatic carboxylic acids is 2. The summed E-state index contributed by atoms with van der Waals surface area (Å²) in [6, 6.07) is 3.96. The number of hydrogen-bond donors (Lipinski definition) is 3. The highest BCUT2D eigenvalue weighted by Gasteiger charge is 2.46. The molecule has 18 heteroatoms. The summed E-state index contributed by atoms with van der Waals surface area (Å²) in [6.45, 7) is 5.35. The van der Waals surface area contributed by atoms with Gasteiger partial charge in [-0.15, -0.1) is 0 Å². The standard InChI is InChI=1S/C17H27N3O4S.2C2HF3O2/c1-3-25(21,22)19-9-14-6-7-17(24-11-14)12-20(13-17)10-15-5-4-8-18-16(15)23-2;2*3-2(4,5)1(6)7/h4-5,8,14,19H,3,6-7,9-13H2,1-2H3;2*(H,6,7). The van der Waals surface area contributed by atoms with Gasteiger partial charge in [0.1, 0.15) is 0 Å². The van der Waals surface area contributed by atoms with Gasteiger partial charge in [0.25, 0.3) is 0 Å². The van der Waals surface area contributed by atoms with Crippen LogP contribution in [0.5, 0.6) is 5.88 Å². The number of alkyl halides is 6. The number of aromatic nitrogens is 1. The second kappa shape index (κ2) is 14.1. The fourth-order valence-electron chi connectivity index (χ4n) is 3.52. The minimum Gasteiger partial charge on any atom is -0.481 e. The normalized spacial score (nSPS) is 19.0. The molecular formula is C21H29F6N3O8S. The first-order chi connectivity index (χ1) is 17.8. The summed E-state index contributed by atoms with van der Waals surface area (Å²) in [5.41, 5.74) is 1.03. The number of likely N-dealkylation sites (tertiary alicyclic amines) is 1. The van der Waals surface area contributed by atoms with Crippen LogP contribution in [0.25, 0.3) is 0 Å². The van der Waals surface area contributed by atoms with Crippen molar-refractivity contribution in [1.82, 2.24) is 14.6 Å². The molecule has 2 aliphatic heterocycles. The van der Waals surface area contributed by atoms with Crippen LogP contribution in [0.3, 0.4) is 0 Å². The van der Waals surface area contributed by atoms with Crippen LogP contribution < -0.4 is 9.46 Å². The van der Waals surface area contributed by atoms with E-state index in [4.69, 9.17) is 29.3 Å². The van der Waals surface area contributed by atoms with E-state index in [0.29, 0.717) is 19.0 Å². The fraction of sp³-hybridized carbons (Fsp3) is 0.667. The van der Waals surface area contributed by atoms with Gasteiger partial charge in [-0.25, -0.2) is 27.7 Å². The molecular weight excluding hydrogens is 568 g/mol. The van der Waals surface area contributed by atoms with E-state index in [1.165, 1.54) is 0 Å². The minimum atomic E-state index is -5.08. The maximum absolute atomic E-state index is 11.5. The van der Waals surface area contributed by atoms with E-state index in [0.717, 1.165) is 38.0 Å². The van der Waals surface area contributed by atoms with Crippen molar-refractivity contribution >= 4 is 22.0 Å². The molecule has 3 heterocycles. The topological polar surface area (TPSA) is 155 Å². The van der Waals surface area contributed by atoms with Crippen LogP contribution in [0.15, 0.2) is 18.3 Å². The molecule has 0 amide bonds. The Morgan fingerprint density at radius 3 is 2.13 bits per heavy atom. The largest absolute Gasteiger partial charge is 0.490 e. The van der Waals surface area contributed by atoms with Gasteiger partial charge in [0.15, 0.2) is 0 Å². The monoisotopic (exact) mass is 597 g/mol. The average molecular weight is 598 g/mol. The van der Waals surface area contributed by atoms with E-state index in [-0.39, 0.29) is 17.3 Å². The third kappa shape index (κ3) is 11.9. The highest BCUT2D eigenvalue weighted by molar-refractivity contribution is 7.89. The number of carboxylic acid groups (broad SMARTS) is 2. The van der Waals surface area contributed by atoms with Crippen molar-refractivity contribution in [2.45, 2.75) is 44.3 Å². The molecule has 39 heavy (non-hydrogen) atoms. The first-order valence-electron chi connectivity index (χ1n) is 11.3. The molecule has 1 unspecified atom stereocenters. The highest BCUT2D eigenvalue weighted by Crippen LogP contribution is 2.37. The van der Waals surface area contributed by atoms with Crippen molar-refractivity contribution < 1.29 is 64.0 Å². The molecule has 2 fully saturated rings. The van der Waals surface area contributed by atoms with E-state index < -0.39 is 34.3 Å². The predicted molar refractivity (Wildman–Crippen MR) is 122 cm³/mol. The summed E-state index contributed by atoms with van der Waals surface area (Å²) in [6.07, 6.45) is -6.46. The van der Waals surface area contributed by atoms with Crippen molar-refractivity contribution in [2.24, 2.45) is 5.92 Å². The van der Waals surface area contributed by atoms with Gasteiger partial charge in [0.2, 0.25) is 15.9 Å². The third-order valence-corrected chi connectivity index (χ3v) is 6.92. The summed E-state index contributed by atoms with van der Waals surface area (Å²) in [5, 5.41) is 14.2. The van der Waals surface area contributed by atoms with Gasteiger partial charge in [-0.2, -0.15) is 26.3 Å². The molecule has 2 aliphatic rings. The molecule has 1 atom stereocenters. The van der Waals surface area contributed by atoms with Crippen molar-refractivity contribution in [2.75, 3.05) is 39.1 Å². The zero-order valence-electron chi connectivity index (χ0n) is 20.9. The highest BCUT2D eigenvalue weighted by atomic mass is 32.2. The van der Waals surface area contributed by atoms with Gasteiger partial charge in [-0.3, -0.25) is 4.90 Å². The molecule has 0 radical (unpaired) electrons. The Morgan fingerprint density at radius 2 is 1.72 bits per heavy atom. The Bertz CT molecular complexity index is 1030. The Balaban J connectivity index is 0.000000449. The lowest BCUT2D eigenvalue weighted by Crippen LogP contribution is -2.64. The molecule has 1 aromatic heterocycles. The zero-order chi connectivity index (χ0) is 30.1. The number of pyridine rings is 1. The van der Waals surface area contributed by atoms with E-state index in [1.54, 1.807) is 20.2 Å². The lowest BCUT2D eigenvalue weighted by Gasteiger charge is -2.53. The molecule has 224 valence electrons. The van der Waals surface area contributed by atoms with Crippen LogP contribution in [0.4, 0.5) is 26.3 Å². The summed E-state index contributed by atoms with van der Waals surface area (Å²) < 4.78 is 101. The minimum absolute atomic E-state index is 0.0599. The molecule has 3 rings (SSSR count). The van der Waals surface area contributed by atoms with Crippen LogP contribution in [0, 0.1) is 5.92 Å². The van der Waals surface area contributed by atoms with Gasteiger partial charge in [0, 0.05) is 37.9 Å². The summed E-state index contributed by atoms with van der Waals surface area (Å²) in [4.78, 5) is 24.4. The fourth-order valence-corrected chi connectivity index (χ4v) is 4.22. The van der Waals surface area contributed by atoms with Crippen molar-refractivity contribution in [3.05, 3.63) is 23.9 Å². The Kier molecular flexibility index (Phi) is 12.4. The molecule has 0 saturated carbocycles. The van der Waals surface area contributed by atoms with Crippen molar-refractivity contribution in [3.63, 3.8) is 0 Å². The SMILES string of the molecule is CCS(=O)(=O)NCC1CCC2(CN(Cc3cccnc3OC)C2)OC1.O=C(O)C(F)(F)F.O=C(O)C(F)(F)F. The maximum atomic E-state index is 11.5. The molecule has 0 bridgehead atoms. The molecule has 0 aromatic carbocycles. The van der Waals surface area contributed by atoms with Crippen LogP contribution in [-0.2, 0) is 30.9 Å². The number of halogens is 6. The number of nitrogens with one attached hydrogen (secondary N) is 1. The van der Waals surface area contributed by atoms with E-state index in [1.807, 2.05) is 12.1 Å². The van der Waals surface area contributed by atoms with E-state index in [9.17, 15) is 34.8 Å². The van der Waals surface area contributed by atoms with Gasteiger partial charge in [-0.1, -0.05) is 6.07 Å². The number of nitrogens with zero attached hydrogens (tertiary/aromatic N) is 2. The Hall–Kier alpha value is -2.70. The molecule has 2 saturated heterocycles. The number of rotatable bonds is 7. The Labute approximate surface area is 220 Å². The number of carbonyl (C=O) groups is 2. The van der Waals surface area contributed by atoms with Gasteiger partial charge in [0.05, 0.1) is 25.1 Å². The maximum Gasteiger partial charge on any atom is 0.490 e. The molecule has 1 aromatic rings. The summed E-state index contributed by atoms with van der Waals surface area (Å²) in [5.74, 6) is -4.45. The van der Waals surface area contributed by atoms with Crippen LogP contribution in [-0.4, -0.2) is 97.5 Å². The van der Waals surface area contributed by atoms with Gasteiger partial charge in [-0.05, 0) is 31.7 Å². The first kappa shape index (κ1) is 34.3. The van der Waals surface area contributed by atoms with E-state index in [2.05, 4.69) is 14.6 Å². The van der Waals surface area contributed by atoms with Crippen LogP contribution >= 0.6 is 0 Å². The molecule has 1 spiro atoms. The predicted octanol–water partition coefficient (Wildman–Crippen LogP) is 2.28. The van der Waals surface area contributed by atoms with Crippen LogP contribution in [0.2, 0.25) is 0 Å². The lowest BCUT2D eigenvalue weighted by molar-refractivity contribution is -0.193. The second-order valence-corrected chi connectivity index (χ2v) is 10.7. The first-order valence-corrected chi connectivity index (χ1v) is 12.9. The third-order valence-electron chi connectivity index (χ3n) is 5.55.